The van der Waals surface area contributed by atoms with Gasteiger partial charge < -0.3 is 5.53 Å². The van der Waals surface area contributed by atoms with Crippen LogP contribution in [0.15, 0.2) is 59.7 Å². The third-order valence-electron chi connectivity index (χ3n) is 15.0. The van der Waals surface area contributed by atoms with Crippen LogP contribution >= 0.6 is 0 Å². The molecule has 0 atom stereocenters. The summed E-state index contributed by atoms with van der Waals surface area (Å²) in [5, 5.41) is 2.87. The van der Waals surface area contributed by atoms with Crippen LogP contribution in [-0.4, -0.2) is 4.70 Å². The van der Waals surface area contributed by atoms with Gasteiger partial charge in [-0.05, 0) is 80.8 Å². The standard InChI is InChI=1S/C35H50N2.2C16H33.Ni/c1-5-8-11-14-17-29-20-24-31(25-21-29)34-28(4)33(19-16-13-10-7-3)35(37(34)36)32-26-22-30(23-27-32)18-15-12-9-6-2;2*1-3-5-7-9-11-13-15-16-14-12-10-8-6-4-2;/h20-27H,5-19H2,1-4H3;2*1,3-16H2,2H3;. The second kappa shape index (κ2) is 46.8. The fraction of sp³-hybridized carbons (Fsp3) is 0.761. The number of nitrogens with zero attached hydrogens (tertiary/aromatic N) is 2. The summed E-state index contributed by atoms with van der Waals surface area (Å²) in [4.78, 5) is 0. The van der Waals surface area contributed by atoms with Crippen LogP contribution in [0.3, 0.4) is 0 Å². The van der Waals surface area contributed by atoms with E-state index in [0.717, 1.165) is 48.2 Å². The van der Waals surface area contributed by atoms with Crippen molar-refractivity contribution in [2.45, 2.75) is 328 Å². The van der Waals surface area contributed by atoms with Gasteiger partial charge in [-0.25, -0.2) is 4.70 Å². The first-order valence-corrected chi connectivity index (χ1v) is 32.5. The van der Waals surface area contributed by atoms with Crippen LogP contribution in [0, 0.1) is 0 Å². The van der Waals surface area contributed by atoms with Gasteiger partial charge in [0.2, 0.25) is 11.4 Å². The van der Waals surface area contributed by atoms with Gasteiger partial charge in [-0.15, -0.1) is 0 Å². The molecule has 2 aromatic carbocycles. The summed E-state index contributed by atoms with van der Waals surface area (Å²) in [6.45, 7) is 13.6. The van der Waals surface area contributed by atoms with Gasteiger partial charge in [0.15, 0.2) is 0 Å². The van der Waals surface area contributed by atoms with Crippen molar-refractivity contribution in [2.24, 2.45) is 0 Å². The van der Waals surface area contributed by atoms with Crippen molar-refractivity contribution in [2.75, 3.05) is 0 Å². The second-order valence-electron chi connectivity index (χ2n) is 21.6. The number of benzene rings is 2. The first-order chi connectivity index (χ1) is 34.5. The molecule has 0 unspecified atom stereocenters. The zero-order chi connectivity index (χ0) is 50.4. The van der Waals surface area contributed by atoms with Crippen LogP contribution in [0.25, 0.3) is 16.9 Å². The van der Waals surface area contributed by atoms with Crippen LogP contribution in [0.5, 0.6) is 0 Å². The van der Waals surface area contributed by atoms with E-state index in [9.17, 15) is 5.53 Å². The average Bonchev–Trinajstić information content (AvgIpc) is 3.63. The smallest absolute Gasteiger partial charge is 0.0654 e. The fourth-order valence-electron chi connectivity index (χ4n) is 10.3. The third-order valence-corrected chi connectivity index (χ3v) is 16.4. The maximum atomic E-state index is 11.6. The van der Waals surface area contributed by atoms with Crippen molar-refractivity contribution in [1.82, 2.24) is 0 Å². The minimum Gasteiger partial charge on any atom is -0.0654 e. The molecule has 0 saturated heterocycles. The van der Waals surface area contributed by atoms with E-state index in [2.05, 4.69) is 90.1 Å². The van der Waals surface area contributed by atoms with Crippen molar-refractivity contribution in [3.8, 4) is 0 Å². The van der Waals surface area contributed by atoms with Gasteiger partial charge in [0.05, 0.1) is 0 Å². The Balaban J connectivity index is 0.000000484. The topological polar surface area (TPSA) is 25.3 Å². The predicted molar refractivity (Wildman–Crippen MR) is 311 cm³/mol. The number of rotatable bonds is 47. The van der Waals surface area contributed by atoms with E-state index < -0.39 is 0 Å². The van der Waals surface area contributed by atoms with Gasteiger partial charge in [-0.2, -0.15) is 0 Å². The fourth-order valence-corrected chi connectivity index (χ4v) is 11.6. The summed E-state index contributed by atoms with van der Waals surface area (Å²) in [6.07, 6.45) is 59.7. The summed E-state index contributed by atoms with van der Waals surface area (Å²) in [6, 6.07) is 17.9. The summed E-state index contributed by atoms with van der Waals surface area (Å²) < 4.78 is 1.48. The molecular formula is C67H116N2Ni. The van der Waals surface area contributed by atoms with Crippen LogP contribution in [-0.2, 0) is 27.3 Å². The molecule has 0 bridgehead atoms. The van der Waals surface area contributed by atoms with Crippen LogP contribution in [0.2, 0.25) is 10.8 Å². The molecule has 70 heavy (non-hydrogen) atoms. The van der Waals surface area contributed by atoms with Gasteiger partial charge in [-0.1, -0.05) is 155 Å². The summed E-state index contributed by atoms with van der Waals surface area (Å²) in [5.74, 6) is 0. The Morgan fingerprint density at radius 2 is 0.571 bits per heavy atom. The number of aryl methyl sites for hydroxylation is 2. The third kappa shape index (κ3) is 31.6. The molecule has 2 nitrogen and oxygen atoms in total. The Labute approximate surface area is 444 Å². The molecule has 3 rings (SSSR count). The van der Waals surface area contributed by atoms with Gasteiger partial charge in [0.1, 0.15) is 0 Å². The molecule has 0 amide bonds. The first-order valence-electron chi connectivity index (χ1n) is 31.1. The van der Waals surface area contributed by atoms with E-state index in [1.165, 1.54) is 288 Å². The van der Waals surface area contributed by atoms with E-state index in [0.29, 0.717) is 0 Å². The number of allylic oxidation sites excluding steroid dienone is 2. The first kappa shape index (κ1) is 64.1. The van der Waals surface area contributed by atoms with E-state index >= 15 is 0 Å². The summed E-state index contributed by atoms with van der Waals surface area (Å²) in [7, 11) is 0. The quantitative estimate of drug-likeness (QED) is 0.0359. The summed E-state index contributed by atoms with van der Waals surface area (Å²) in [5.41, 5.74) is 21.0. The Kier molecular flexibility index (Phi) is 42.9. The molecule has 1 aliphatic rings. The molecule has 0 aromatic heterocycles. The predicted octanol–water partition coefficient (Wildman–Crippen LogP) is 24.0. The number of hydrogen-bond acceptors (Lipinski definition) is 0. The zero-order valence-electron chi connectivity index (χ0n) is 47.6. The van der Waals surface area contributed by atoms with Crippen molar-refractivity contribution >= 4 is 11.4 Å². The van der Waals surface area contributed by atoms with Gasteiger partial charge in [0.25, 0.3) is 0 Å². The SMILES string of the molecule is CCCCCCC1=C(c2ccc(CCCCCC)cc2)[N+](=[N-])C(c2ccc(CCCCCC)cc2)=C1C.CCCCCCCCCCCCCCC[CH2][Ni][CH2]CCCCCCCCCCCCCCC. The maximum absolute atomic E-state index is 11.6. The second-order valence-corrected chi connectivity index (χ2v) is 23.1. The van der Waals surface area contributed by atoms with Crippen molar-refractivity contribution in [3.05, 3.63) is 87.5 Å². The van der Waals surface area contributed by atoms with E-state index in [4.69, 9.17) is 0 Å². The Hall–Kier alpha value is -1.99. The molecule has 0 spiro atoms. The van der Waals surface area contributed by atoms with Crippen LogP contribution in [0.1, 0.15) is 327 Å². The molecule has 0 radical (unpaired) electrons. The number of hydrogen-bond donors (Lipinski definition) is 0. The van der Waals surface area contributed by atoms with Crippen LogP contribution in [0.4, 0.5) is 0 Å². The monoisotopic (exact) mass is 1010 g/mol. The zero-order valence-corrected chi connectivity index (χ0v) is 48.6. The molecule has 1 heterocycles. The summed E-state index contributed by atoms with van der Waals surface area (Å²) >= 11 is 2.04. The minimum atomic E-state index is 0.946. The number of unbranched alkanes of at least 4 members (excludes halogenated alkanes) is 35. The van der Waals surface area contributed by atoms with Gasteiger partial charge in [-0.3, -0.25) is 0 Å². The molecule has 0 N–H and O–H groups in total. The van der Waals surface area contributed by atoms with E-state index in [-0.39, 0.29) is 0 Å². The van der Waals surface area contributed by atoms with E-state index in [1.54, 1.807) is 0 Å². The van der Waals surface area contributed by atoms with E-state index in [1.807, 2.05) is 14.4 Å². The molecular weight excluding hydrogens is 891 g/mol. The molecule has 404 valence electrons. The molecule has 2 aromatic rings. The van der Waals surface area contributed by atoms with Gasteiger partial charge >= 0.3 is 166 Å². The Morgan fingerprint density at radius 3 is 0.886 bits per heavy atom. The molecule has 1 aliphatic heterocycles. The minimum absolute atomic E-state index is 0.946. The van der Waals surface area contributed by atoms with Gasteiger partial charge in [0, 0.05) is 22.3 Å². The van der Waals surface area contributed by atoms with Crippen LogP contribution < -0.4 is 0 Å². The van der Waals surface area contributed by atoms with Crippen molar-refractivity contribution in [1.29, 1.82) is 0 Å². The molecule has 0 aliphatic carbocycles. The molecule has 0 fully saturated rings. The average molecular weight is 1010 g/mol. The molecule has 3 heteroatoms. The Morgan fingerprint density at radius 1 is 0.314 bits per heavy atom. The Bertz CT molecular complexity index is 1520. The van der Waals surface area contributed by atoms with Crippen molar-refractivity contribution < 1.29 is 19.1 Å². The molecule has 0 saturated carbocycles. The normalized spacial score (nSPS) is 12.7. The van der Waals surface area contributed by atoms with Crippen molar-refractivity contribution in [3.63, 3.8) is 0 Å².